The lowest BCUT2D eigenvalue weighted by Gasteiger charge is -2.30. The fourth-order valence-corrected chi connectivity index (χ4v) is 3.76. The van der Waals surface area contributed by atoms with Crippen molar-refractivity contribution in [2.24, 2.45) is 0 Å². The molecule has 2 aliphatic heterocycles. The topological polar surface area (TPSA) is 75.7 Å². The molecule has 142 valence electrons. The van der Waals surface area contributed by atoms with Crippen molar-refractivity contribution >= 4 is 52.2 Å². The lowest BCUT2D eigenvalue weighted by molar-refractivity contribution is -0.121. The predicted molar refractivity (Wildman–Crippen MR) is 104 cm³/mol. The van der Waals surface area contributed by atoms with Gasteiger partial charge in [-0.25, -0.2) is 4.39 Å². The van der Waals surface area contributed by atoms with E-state index in [0.717, 1.165) is 11.8 Å². The van der Waals surface area contributed by atoms with Crippen LogP contribution in [0.1, 0.15) is 11.1 Å². The fourth-order valence-electron chi connectivity index (χ4n) is 2.88. The highest BCUT2D eigenvalue weighted by Crippen LogP contribution is 2.36. The lowest BCUT2D eigenvalue weighted by Crippen LogP contribution is -2.38. The Labute approximate surface area is 168 Å². The summed E-state index contributed by atoms with van der Waals surface area (Å²) in [4.78, 5) is 37.3. The highest BCUT2D eigenvalue weighted by molar-refractivity contribution is 8.18. The molecule has 28 heavy (non-hydrogen) atoms. The van der Waals surface area contributed by atoms with Gasteiger partial charge in [0.1, 0.15) is 11.6 Å². The van der Waals surface area contributed by atoms with Crippen LogP contribution in [0.15, 0.2) is 41.3 Å². The van der Waals surface area contributed by atoms with Crippen molar-refractivity contribution in [3.63, 3.8) is 0 Å². The van der Waals surface area contributed by atoms with Crippen LogP contribution in [-0.4, -0.2) is 23.7 Å². The first-order valence-electron chi connectivity index (χ1n) is 8.17. The van der Waals surface area contributed by atoms with Crippen LogP contribution in [0.2, 0.25) is 5.02 Å². The van der Waals surface area contributed by atoms with E-state index in [2.05, 4.69) is 5.32 Å². The maximum atomic E-state index is 13.4. The van der Waals surface area contributed by atoms with Crippen LogP contribution in [0.3, 0.4) is 0 Å². The molecule has 0 spiro atoms. The number of hydrogen-bond donors (Lipinski definition) is 1. The van der Waals surface area contributed by atoms with Gasteiger partial charge in [-0.05, 0) is 53.2 Å². The van der Waals surface area contributed by atoms with Crippen LogP contribution >= 0.6 is 23.4 Å². The van der Waals surface area contributed by atoms with Crippen LogP contribution in [0.4, 0.5) is 14.9 Å². The van der Waals surface area contributed by atoms with E-state index in [1.54, 1.807) is 30.3 Å². The van der Waals surface area contributed by atoms with E-state index < -0.39 is 17.0 Å². The molecule has 3 amide bonds. The number of anilines is 1. The van der Waals surface area contributed by atoms with Gasteiger partial charge in [0, 0.05) is 0 Å². The van der Waals surface area contributed by atoms with Crippen LogP contribution in [0, 0.1) is 5.82 Å². The summed E-state index contributed by atoms with van der Waals surface area (Å²) in [5.74, 6) is -0.747. The number of carbonyl (C=O) groups excluding carboxylic acids is 3. The van der Waals surface area contributed by atoms with E-state index in [1.807, 2.05) is 0 Å². The molecule has 0 unspecified atom stereocenters. The molecule has 9 heteroatoms. The zero-order valence-electron chi connectivity index (χ0n) is 14.2. The van der Waals surface area contributed by atoms with Gasteiger partial charge in [-0.15, -0.1) is 0 Å². The van der Waals surface area contributed by atoms with Crippen molar-refractivity contribution in [3.8, 4) is 5.75 Å². The zero-order chi connectivity index (χ0) is 19.8. The quantitative estimate of drug-likeness (QED) is 0.769. The summed E-state index contributed by atoms with van der Waals surface area (Å²) < 4.78 is 18.9. The Kier molecular flexibility index (Phi) is 4.82. The molecule has 0 aromatic heterocycles. The van der Waals surface area contributed by atoms with Gasteiger partial charge in [0.25, 0.3) is 17.1 Å². The molecule has 1 saturated heterocycles. The number of fused-ring (bicyclic) bond motifs is 1. The van der Waals surface area contributed by atoms with E-state index in [-0.39, 0.29) is 29.0 Å². The minimum absolute atomic E-state index is 0.0224. The van der Waals surface area contributed by atoms with Gasteiger partial charge in [-0.2, -0.15) is 0 Å². The first kappa shape index (κ1) is 18.5. The number of carbonyl (C=O) groups is 3. The van der Waals surface area contributed by atoms with E-state index in [9.17, 15) is 18.8 Å². The number of ether oxygens (including phenoxy) is 1. The van der Waals surface area contributed by atoms with Gasteiger partial charge in [0.2, 0.25) is 0 Å². The van der Waals surface area contributed by atoms with E-state index in [1.165, 1.54) is 17.0 Å². The number of imide groups is 1. The average molecular weight is 419 g/mol. The maximum Gasteiger partial charge on any atom is 0.290 e. The third kappa shape index (κ3) is 3.61. The summed E-state index contributed by atoms with van der Waals surface area (Å²) in [5.41, 5.74) is 1.81. The predicted octanol–water partition coefficient (Wildman–Crippen LogP) is 3.73. The third-order valence-corrected chi connectivity index (χ3v) is 5.29. The molecular weight excluding hydrogens is 407 g/mol. The van der Waals surface area contributed by atoms with Crippen LogP contribution in [-0.2, 0) is 16.1 Å². The second-order valence-corrected chi connectivity index (χ2v) is 7.52. The second-order valence-electron chi connectivity index (χ2n) is 6.10. The number of nitrogens with zero attached hydrogens (tertiary/aromatic N) is 1. The van der Waals surface area contributed by atoms with Crippen molar-refractivity contribution in [1.29, 1.82) is 0 Å². The lowest BCUT2D eigenvalue weighted by atomic mass is 10.1. The summed E-state index contributed by atoms with van der Waals surface area (Å²) in [6, 6.07) is 9.39. The summed E-state index contributed by atoms with van der Waals surface area (Å²) in [7, 11) is 0. The molecule has 0 atom stereocenters. The number of benzene rings is 2. The number of rotatable bonds is 3. The Bertz CT molecular complexity index is 1060. The molecule has 2 aliphatic rings. The number of amides is 3. The van der Waals surface area contributed by atoms with Gasteiger partial charge in [0.15, 0.2) is 6.61 Å². The van der Waals surface area contributed by atoms with Crippen molar-refractivity contribution < 1.29 is 23.5 Å². The van der Waals surface area contributed by atoms with Crippen molar-refractivity contribution in [2.45, 2.75) is 6.54 Å². The number of hydrogen-bond acceptors (Lipinski definition) is 5. The Morgan fingerprint density at radius 2 is 2.04 bits per heavy atom. The molecule has 0 saturated carbocycles. The minimum Gasteiger partial charge on any atom is -0.482 e. The summed E-state index contributed by atoms with van der Waals surface area (Å²) in [5, 5.41) is 1.74. The van der Waals surface area contributed by atoms with Gasteiger partial charge in [-0.1, -0.05) is 23.7 Å². The molecule has 0 aliphatic carbocycles. The Morgan fingerprint density at radius 1 is 1.21 bits per heavy atom. The molecule has 1 N–H and O–H groups in total. The van der Waals surface area contributed by atoms with E-state index in [0.29, 0.717) is 22.6 Å². The van der Waals surface area contributed by atoms with Gasteiger partial charge >= 0.3 is 0 Å². The summed E-state index contributed by atoms with van der Waals surface area (Å²) in [6.45, 7) is 0.0675. The highest BCUT2D eigenvalue weighted by atomic mass is 35.5. The Balaban J connectivity index is 1.68. The molecule has 1 fully saturated rings. The first-order chi connectivity index (χ1) is 13.4. The van der Waals surface area contributed by atoms with E-state index in [4.69, 9.17) is 16.3 Å². The maximum absolute atomic E-state index is 13.4. The fraction of sp³-hybridized carbons (Fsp3) is 0.105. The monoisotopic (exact) mass is 418 g/mol. The SMILES string of the molecule is O=C1NC(=O)C(=Cc2ccc3c(c2)N(Cc2ccc(F)c(Cl)c2)C(=O)CO3)S1. The Hall–Kier alpha value is -2.84. The van der Waals surface area contributed by atoms with Crippen molar-refractivity contribution in [1.82, 2.24) is 5.32 Å². The van der Waals surface area contributed by atoms with Gasteiger partial charge in [-0.3, -0.25) is 19.7 Å². The standard InChI is InChI=1S/C19H12ClFN2O4S/c20-12-5-11(1-3-13(12)21)8-23-14-6-10(2-4-15(14)27-9-17(23)24)7-16-18(25)22-19(26)28-16/h1-7H,8-9H2,(H,22,25,26). The molecule has 0 radical (unpaired) electrons. The Morgan fingerprint density at radius 3 is 2.75 bits per heavy atom. The minimum atomic E-state index is -0.532. The van der Waals surface area contributed by atoms with E-state index >= 15 is 0 Å². The van der Waals surface area contributed by atoms with Crippen molar-refractivity contribution in [2.75, 3.05) is 11.5 Å². The van der Waals surface area contributed by atoms with Crippen LogP contribution < -0.4 is 15.0 Å². The smallest absolute Gasteiger partial charge is 0.290 e. The second kappa shape index (κ2) is 7.29. The average Bonchev–Trinajstić information content (AvgIpc) is 2.97. The van der Waals surface area contributed by atoms with Crippen molar-refractivity contribution in [3.05, 3.63) is 63.3 Å². The summed E-state index contributed by atoms with van der Waals surface area (Å²) in [6.07, 6.45) is 1.57. The van der Waals surface area contributed by atoms with Gasteiger partial charge in [0.05, 0.1) is 22.2 Å². The van der Waals surface area contributed by atoms with Gasteiger partial charge < -0.3 is 9.64 Å². The van der Waals surface area contributed by atoms with Crippen LogP contribution in [0.5, 0.6) is 5.75 Å². The number of halogens is 2. The third-order valence-electron chi connectivity index (χ3n) is 4.19. The normalized spacial score (nSPS) is 17.6. The molecular formula is C19H12ClFN2O4S. The number of nitrogens with one attached hydrogen (secondary N) is 1. The molecule has 0 bridgehead atoms. The first-order valence-corrected chi connectivity index (χ1v) is 9.36. The number of thioether (sulfide) groups is 1. The zero-order valence-corrected chi connectivity index (χ0v) is 15.8. The van der Waals surface area contributed by atoms with Crippen LogP contribution in [0.25, 0.3) is 6.08 Å². The largest absolute Gasteiger partial charge is 0.482 e. The molecule has 2 aromatic carbocycles. The highest BCUT2D eigenvalue weighted by Gasteiger charge is 2.28. The molecule has 4 rings (SSSR count). The molecule has 6 nitrogen and oxygen atoms in total. The summed E-state index contributed by atoms with van der Waals surface area (Å²) >= 11 is 6.65. The molecule has 2 heterocycles. The molecule has 2 aromatic rings.